The van der Waals surface area contributed by atoms with Crippen molar-refractivity contribution in [1.82, 2.24) is 15.2 Å². The number of nitrogens with zero attached hydrogens (tertiary/aromatic N) is 2. The number of carbonyl (C=O) groups is 1. The summed E-state index contributed by atoms with van der Waals surface area (Å²) in [6, 6.07) is 4.13. The lowest BCUT2D eigenvalue weighted by molar-refractivity contribution is 0.101. The first-order valence-electron chi connectivity index (χ1n) is 5.66. The van der Waals surface area contributed by atoms with Crippen molar-refractivity contribution in [1.29, 1.82) is 0 Å². The van der Waals surface area contributed by atoms with E-state index < -0.39 is 5.91 Å². The SMILES string of the molecule is CC(C)c1nc(C(=O)Nc2ccc(F)cc2I)n[nH]1. The van der Waals surface area contributed by atoms with Crippen LogP contribution in [0.5, 0.6) is 0 Å². The maximum atomic E-state index is 13.0. The van der Waals surface area contributed by atoms with Crippen LogP contribution in [0.2, 0.25) is 0 Å². The molecule has 1 aromatic carbocycles. The molecule has 0 spiro atoms. The molecule has 19 heavy (non-hydrogen) atoms. The summed E-state index contributed by atoms with van der Waals surface area (Å²) in [6.45, 7) is 3.90. The predicted molar refractivity (Wildman–Crippen MR) is 77.5 cm³/mol. The number of hydrogen-bond donors (Lipinski definition) is 2. The van der Waals surface area contributed by atoms with Crippen molar-refractivity contribution in [2.24, 2.45) is 0 Å². The summed E-state index contributed by atoms with van der Waals surface area (Å²) in [5.41, 5.74) is 0.530. The topological polar surface area (TPSA) is 70.7 Å². The number of nitrogens with one attached hydrogen (secondary N) is 2. The first-order chi connectivity index (χ1) is 8.97. The summed E-state index contributed by atoms with van der Waals surface area (Å²) in [5.74, 6) is 0.123. The van der Waals surface area contributed by atoms with E-state index in [1.807, 2.05) is 36.4 Å². The number of aromatic nitrogens is 3. The minimum absolute atomic E-state index is 0.0730. The van der Waals surface area contributed by atoms with Crippen molar-refractivity contribution in [3.05, 3.63) is 39.2 Å². The first kappa shape index (κ1) is 13.9. The lowest BCUT2D eigenvalue weighted by Crippen LogP contribution is -2.14. The highest BCUT2D eigenvalue weighted by Crippen LogP contribution is 2.19. The summed E-state index contributed by atoms with van der Waals surface area (Å²) >= 11 is 1.95. The molecule has 5 nitrogen and oxygen atoms in total. The Morgan fingerprint density at radius 3 is 2.79 bits per heavy atom. The Bertz CT molecular complexity index is 612. The molecule has 0 saturated heterocycles. The number of hydrogen-bond acceptors (Lipinski definition) is 3. The zero-order valence-corrected chi connectivity index (χ0v) is 12.5. The smallest absolute Gasteiger partial charge is 0.295 e. The van der Waals surface area contributed by atoms with Crippen LogP contribution in [0, 0.1) is 9.39 Å². The van der Waals surface area contributed by atoms with E-state index in [2.05, 4.69) is 20.5 Å². The minimum Gasteiger partial charge on any atom is -0.318 e. The fourth-order valence-corrected chi connectivity index (χ4v) is 2.02. The van der Waals surface area contributed by atoms with Gasteiger partial charge < -0.3 is 5.32 Å². The fourth-order valence-electron chi connectivity index (χ4n) is 1.40. The molecular formula is C12H12FIN4O. The number of carbonyl (C=O) groups excluding carboxylic acids is 1. The Kier molecular flexibility index (Phi) is 4.13. The number of benzene rings is 1. The normalized spacial score (nSPS) is 10.8. The molecule has 0 aliphatic heterocycles. The Morgan fingerprint density at radius 2 is 2.21 bits per heavy atom. The van der Waals surface area contributed by atoms with Crippen molar-refractivity contribution in [2.75, 3.05) is 5.32 Å². The van der Waals surface area contributed by atoms with Gasteiger partial charge in [-0.15, -0.1) is 5.10 Å². The second-order valence-corrected chi connectivity index (χ2v) is 5.44. The van der Waals surface area contributed by atoms with Gasteiger partial charge in [-0.3, -0.25) is 9.89 Å². The van der Waals surface area contributed by atoms with Crippen LogP contribution in [-0.2, 0) is 0 Å². The van der Waals surface area contributed by atoms with Crippen molar-refractivity contribution in [2.45, 2.75) is 19.8 Å². The van der Waals surface area contributed by atoms with Crippen molar-refractivity contribution >= 4 is 34.2 Å². The summed E-state index contributed by atoms with van der Waals surface area (Å²) in [5, 5.41) is 9.22. The highest BCUT2D eigenvalue weighted by molar-refractivity contribution is 14.1. The molecule has 0 saturated carbocycles. The molecule has 0 aliphatic rings. The van der Waals surface area contributed by atoms with Crippen LogP contribution in [0.15, 0.2) is 18.2 Å². The van der Waals surface area contributed by atoms with Crippen molar-refractivity contribution in [3.63, 3.8) is 0 Å². The molecule has 0 radical (unpaired) electrons. The van der Waals surface area contributed by atoms with E-state index in [9.17, 15) is 9.18 Å². The lowest BCUT2D eigenvalue weighted by atomic mass is 10.2. The molecule has 7 heteroatoms. The lowest BCUT2D eigenvalue weighted by Gasteiger charge is -2.05. The fraction of sp³-hybridized carbons (Fsp3) is 0.250. The molecule has 1 aromatic heterocycles. The molecule has 100 valence electrons. The maximum absolute atomic E-state index is 13.0. The summed E-state index contributed by atoms with van der Waals surface area (Å²) in [6.07, 6.45) is 0. The number of rotatable bonds is 3. The van der Waals surface area contributed by atoms with Crippen LogP contribution in [0.25, 0.3) is 0 Å². The van der Waals surface area contributed by atoms with Gasteiger partial charge in [0.1, 0.15) is 11.6 Å². The Morgan fingerprint density at radius 1 is 1.47 bits per heavy atom. The Labute approximate surface area is 123 Å². The Hall–Kier alpha value is -1.51. The zero-order chi connectivity index (χ0) is 14.0. The van der Waals surface area contributed by atoms with Gasteiger partial charge in [0.25, 0.3) is 5.91 Å². The molecule has 0 bridgehead atoms. The number of amides is 1. The van der Waals surface area contributed by atoms with Crippen LogP contribution in [0.1, 0.15) is 36.2 Å². The van der Waals surface area contributed by atoms with Crippen LogP contribution in [0.3, 0.4) is 0 Å². The van der Waals surface area contributed by atoms with E-state index >= 15 is 0 Å². The van der Waals surface area contributed by atoms with Crippen LogP contribution >= 0.6 is 22.6 Å². The number of halogens is 2. The third-order valence-corrected chi connectivity index (χ3v) is 3.32. The summed E-state index contributed by atoms with van der Waals surface area (Å²) < 4.78 is 13.6. The van der Waals surface area contributed by atoms with E-state index in [-0.39, 0.29) is 17.6 Å². The van der Waals surface area contributed by atoms with Gasteiger partial charge in [-0.05, 0) is 40.8 Å². The van der Waals surface area contributed by atoms with Gasteiger partial charge in [0.15, 0.2) is 0 Å². The van der Waals surface area contributed by atoms with Crippen molar-refractivity contribution in [3.8, 4) is 0 Å². The first-order valence-corrected chi connectivity index (χ1v) is 6.74. The van der Waals surface area contributed by atoms with Crippen molar-refractivity contribution < 1.29 is 9.18 Å². The molecule has 0 fully saturated rings. The predicted octanol–water partition coefficient (Wildman–Crippen LogP) is 2.92. The highest BCUT2D eigenvalue weighted by Gasteiger charge is 2.15. The number of aromatic amines is 1. The molecule has 0 atom stereocenters. The second kappa shape index (κ2) is 5.64. The standard InChI is InChI=1S/C12H12FIN4O/c1-6(2)10-16-11(18-17-10)12(19)15-9-4-3-7(13)5-8(9)14/h3-6H,1-2H3,(H,15,19)(H,16,17,18). The van der Waals surface area contributed by atoms with Gasteiger partial charge in [-0.1, -0.05) is 13.8 Å². The van der Waals surface area contributed by atoms with E-state index in [1.54, 1.807) is 0 Å². The van der Waals surface area contributed by atoms with E-state index in [0.29, 0.717) is 15.1 Å². The van der Waals surface area contributed by atoms with Gasteiger partial charge >= 0.3 is 0 Å². The number of H-pyrrole nitrogens is 1. The zero-order valence-electron chi connectivity index (χ0n) is 10.4. The third-order valence-electron chi connectivity index (χ3n) is 2.43. The van der Waals surface area contributed by atoms with Gasteiger partial charge in [0.05, 0.1) is 5.69 Å². The Balaban J connectivity index is 2.16. The molecular weight excluding hydrogens is 362 g/mol. The van der Waals surface area contributed by atoms with Gasteiger partial charge in [-0.2, -0.15) is 0 Å². The molecule has 0 aliphatic carbocycles. The maximum Gasteiger partial charge on any atom is 0.295 e. The molecule has 1 amide bonds. The summed E-state index contributed by atoms with van der Waals surface area (Å²) in [4.78, 5) is 16.0. The highest BCUT2D eigenvalue weighted by atomic mass is 127. The van der Waals surface area contributed by atoms with E-state index in [1.165, 1.54) is 18.2 Å². The average Bonchev–Trinajstić information content (AvgIpc) is 2.82. The molecule has 2 rings (SSSR count). The molecule has 0 unspecified atom stereocenters. The van der Waals surface area contributed by atoms with Gasteiger partial charge in [0, 0.05) is 9.49 Å². The quantitative estimate of drug-likeness (QED) is 0.812. The monoisotopic (exact) mass is 374 g/mol. The molecule has 1 heterocycles. The van der Waals surface area contributed by atoms with Crippen LogP contribution in [-0.4, -0.2) is 21.1 Å². The van der Waals surface area contributed by atoms with E-state index in [4.69, 9.17) is 0 Å². The second-order valence-electron chi connectivity index (χ2n) is 4.28. The van der Waals surface area contributed by atoms with E-state index in [0.717, 1.165) is 0 Å². The number of anilines is 1. The molecule has 2 aromatic rings. The van der Waals surface area contributed by atoms with Gasteiger partial charge in [0.2, 0.25) is 5.82 Å². The van der Waals surface area contributed by atoms with Crippen LogP contribution < -0.4 is 5.32 Å². The minimum atomic E-state index is -0.423. The average molecular weight is 374 g/mol. The largest absolute Gasteiger partial charge is 0.318 e. The third kappa shape index (κ3) is 3.28. The summed E-state index contributed by atoms with van der Waals surface area (Å²) in [7, 11) is 0. The van der Waals surface area contributed by atoms with Gasteiger partial charge in [-0.25, -0.2) is 9.37 Å². The van der Waals surface area contributed by atoms with Crippen LogP contribution in [0.4, 0.5) is 10.1 Å². The molecule has 2 N–H and O–H groups in total.